The minimum atomic E-state index is -2.71. The zero-order valence-electron chi connectivity index (χ0n) is 18.2. The number of ether oxygens (including phenoxy) is 3. The molecule has 1 saturated carbocycles. The van der Waals surface area contributed by atoms with E-state index in [1.807, 2.05) is 6.92 Å². The van der Waals surface area contributed by atoms with Crippen molar-refractivity contribution in [1.82, 2.24) is 14.9 Å². The second-order valence-corrected chi connectivity index (χ2v) is 8.35. The van der Waals surface area contributed by atoms with Crippen molar-refractivity contribution in [1.29, 1.82) is 0 Å². The van der Waals surface area contributed by atoms with E-state index in [0.717, 1.165) is 31.7 Å². The molecule has 0 bridgehead atoms. The molecule has 0 saturated heterocycles. The van der Waals surface area contributed by atoms with E-state index in [9.17, 15) is 18.0 Å². The van der Waals surface area contributed by atoms with E-state index in [1.54, 1.807) is 7.05 Å². The van der Waals surface area contributed by atoms with Crippen LogP contribution in [0, 0.1) is 5.82 Å². The van der Waals surface area contributed by atoms with Crippen LogP contribution in [0.25, 0.3) is 11.0 Å². The Morgan fingerprint density at radius 2 is 1.94 bits per heavy atom. The normalized spacial score (nSPS) is 19.9. The average molecular weight is 478 g/mol. The van der Waals surface area contributed by atoms with Crippen LogP contribution in [0.15, 0.2) is 6.07 Å². The predicted molar refractivity (Wildman–Crippen MR) is 113 cm³/mol. The van der Waals surface area contributed by atoms with Crippen molar-refractivity contribution in [2.24, 2.45) is 7.05 Å². The number of benzene rings is 1. The Kier molecular flexibility index (Phi) is 8.10. The Bertz CT molecular complexity index is 948. The quantitative estimate of drug-likeness (QED) is 0.584. The van der Waals surface area contributed by atoms with Gasteiger partial charge < -0.3 is 19.5 Å². The summed E-state index contributed by atoms with van der Waals surface area (Å²) in [6, 6.07) is 1.08. The predicted octanol–water partition coefficient (Wildman–Crippen LogP) is 4.24. The third-order valence-corrected chi connectivity index (χ3v) is 5.62. The topological polar surface area (TPSA) is 74.6 Å². The molecule has 1 fully saturated rings. The van der Waals surface area contributed by atoms with Gasteiger partial charge in [0.15, 0.2) is 5.82 Å². The molecule has 0 spiro atoms. The van der Waals surface area contributed by atoms with Crippen LogP contribution in [0.2, 0.25) is 5.02 Å². The van der Waals surface area contributed by atoms with Crippen LogP contribution in [-0.2, 0) is 16.6 Å². The molecule has 0 radical (unpaired) electrons. The number of nitrogens with one attached hydrogen (secondary N) is 1. The van der Waals surface area contributed by atoms with E-state index >= 15 is 0 Å². The van der Waals surface area contributed by atoms with Crippen LogP contribution >= 0.6 is 11.6 Å². The van der Waals surface area contributed by atoms with Gasteiger partial charge >= 0.3 is 0 Å². The molecule has 178 valence electrons. The molecule has 0 aliphatic heterocycles. The highest BCUT2D eigenvalue weighted by atomic mass is 35.5. The number of hydrogen-bond acceptors (Lipinski definition) is 5. The number of aromatic nitrogens is 2. The third-order valence-electron chi connectivity index (χ3n) is 5.25. The lowest BCUT2D eigenvalue weighted by Crippen LogP contribution is -2.37. The smallest absolute Gasteiger partial charge is 0.297 e. The van der Waals surface area contributed by atoms with Crippen LogP contribution in [0.1, 0.15) is 39.5 Å². The van der Waals surface area contributed by atoms with Crippen LogP contribution < -0.4 is 14.8 Å². The molecule has 1 heterocycles. The number of fused-ring (bicyclic) bond motifs is 1. The van der Waals surface area contributed by atoms with Gasteiger partial charge in [-0.2, -0.15) is 4.98 Å². The molecule has 1 N–H and O–H groups in total. The Morgan fingerprint density at radius 3 is 2.56 bits per heavy atom. The van der Waals surface area contributed by atoms with E-state index in [1.165, 1.54) is 11.5 Å². The largest absolute Gasteiger partial charge is 0.486 e. The van der Waals surface area contributed by atoms with Gasteiger partial charge in [0, 0.05) is 26.1 Å². The summed E-state index contributed by atoms with van der Waals surface area (Å²) in [4.78, 5) is 15.3. The van der Waals surface area contributed by atoms with Gasteiger partial charge in [-0.3, -0.25) is 9.36 Å². The number of amides is 1. The van der Waals surface area contributed by atoms with Crippen LogP contribution in [0.5, 0.6) is 11.8 Å². The number of nitrogens with zero attached hydrogens (tertiary/aromatic N) is 2. The second-order valence-electron chi connectivity index (χ2n) is 7.97. The van der Waals surface area contributed by atoms with Gasteiger partial charge in [-0.05, 0) is 32.6 Å². The summed E-state index contributed by atoms with van der Waals surface area (Å²) in [7, 11) is 1.62. The number of carbonyl (C=O) groups excluding carboxylic acids is 1. The third kappa shape index (κ3) is 5.98. The Hall–Kier alpha value is -2.20. The molecule has 1 aromatic carbocycles. The summed E-state index contributed by atoms with van der Waals surface area (Å²) in [5, 5.41) is 2.78. The van der Waals surface area contributed by atoms with E-state index < -0.39 is 18.8 Å². The van der Waals surface area contributed by atoms with Gasteiger partial charge in [-0.25, -0.2) is 13.2 Å². The number of halogens is 4. The van der Waals surface area contributed by atoms with Gasteiger partial charge in [0.25, 0.3) is 12.4 Å². The fraction of sp³-hybridized carbons (Fsp3) is 0.619. The van der Waals surface area contributed by atoms with Gasteiger partial charge in [0.05, 0.1) is 18.2 Å². The minimum Gasteiger partial charge on any atom is -0.486 e. The number of rotatable bonds is 9. The SMILES string of the molecule is CC(=O)N[C@@H](C)COC1CCC(Oc2nc3c(F)cc(OCC(F)F)c(Cl)c3n2C)CC1. The first kappa shape index (κ1) is 24.4. The van der Waals surface area contributed by atoms with E-state index in [4.69, 9.17) is 25.8 Å². The Balaban J connectivity index is 1.62. The van der Waals surface area contributed by atoms with E-state index in [2.05, 4.69) is 10.3 Å². The van der Waals surface area contributed by atoms with Crippen molar-refractivity contribution < 1.29 is 32.2 Å². The van der Waals surface area contributed by atoms with Crippen LogP contribution in [-0.4, -0.2) is 53.3 Å². The van der Waals surface area contributed by atoms with Gasteiger partial charge in [0.1, 0.15) is 29.0 Å². The highest BCUT2D eigenvalue weighted by molar-refractivity contribution is 6.36. The molecule has 11 heteroatoms. The number of imidazole rings is 1. The lowest BCUT2D eigenvalue weighted by atomic mass is 9.95. The second kappa shape index (κ2) is 10.6. The molecule has 1 aromatic heterocycles. The molecule has 7 nitrogen and oxygen atoms in total. The summed E-state index contributed by atoms with van der Waals surface area (Å²) in [5.41, 5.74) is 0.204. The first-order valence-corrected chi connectivity index (χ1v) is 10.8. The van der Waals surface area contributed by atoms with Crippen LogP contribution in [0.3, 0.4) is 0 Å². The monoisotopic (exact) mass is 477 g/mol. The molecule has 1 aliphatic carbocycles. The van der Waals surface area contributed by atoms with Crippen molar-refractivity contribution in [3.63, 3.8) is 0 Å². The fourth-order valence-electron chi connectivity index (χ4n) is 3.76. The maximum atomic E-state index is 14.5. The Labute approximate surface area is 189 Å². The summed E-state index contributed by atoms with van der Waals surface area (Å²) in [6.45, 7) is 2.90. The van der Waals surface area contributed by atoms with Crippen molar-refractivity contribution in [2.45, 2.75) is 64.2 Å². The molecule has 0 unspecified atom stereocenters. The minimum absolute atomic E-state index is 0.00250. The molecule has 1 amide bonds. The van der Waals surface area contributed by atoms with Gasteiger partial charge in [-0.15, -0.1) is 0 Å². The molecule has 1 atom stereocenters. The van der Waals surface area contributed by atoms with Crippen LogP contribution in [0.4, 0.5) is 13.2 Å². The molecular weight excluding hydrogens is 451 g/mol. The zero-order chi connectivity index (χ0) is 23.4. The summed E-state index contributed by atoms with van der Waals surface area (Å²) in [6.07, 6.45) is 0.248. The first-order chi connectivity index (χ1) is 15.2. The van der Waals surface area contributed by atoms with Gasteiger partial charge in [-0.1, -0.05) is 11.6 Å². The number of carbonyl (C=O) groups is 1. The molecule has 3 rings (SSSR count). The first-order valence-electron chi connectivity index (χ1n) is 10.5. The number of alkyl halides is 2. The summed E-state index contributed by atoms with van der Waals surface area (Å²) in [5.74, 6) is -0.993. The number of aryl methyl sites for hydroxylation is 1. The number of hydrogen-bond donors (Lipinski definition) is 1. The lowest BCUT2D eigenvalue weighted by molar-refractivity contribution is -0.120. The highest BCUT2D eigenvalue weighted by Gasteiger charge is 2.26. The molecule has 2 aromatic rings. The molecule has 1 aliphatic rings. The van der Waals surface area contributed by atoms with E-state index in [-0.39, 0.29) is 52.0 Å². The standard InChI is InChI=1S/C21H27ClF3N3O4/c1-11(26-12(2)29)9-30-13-4-6-14(7-5-13)32-21-27-19-15(23)8-16(31-10-17(24)25)18(22)20(19)28(21)3/h8,11,13-14,17H,4-7,9-10H2,1-3H3,(H,26,29)/t11-,13?,14?/m0/s1. The fourth-order valence-corrected chi connectivity index (χ4v) is 4.08. The average Bonchev–Trinajstić information content (AvgIpc) is 3.05. The van der Waals surface area contributed by atoms with Crippen molar-refractivity contribution in [3.05, 3.63) is 16.9 Å². The highest BCUT2D eigenvalue weighted by Crippen LogP contribution is 2.37. The Morgan fingerprint density at radius 1 is 1.28 bits per heavy atom. The molecular formula is C21H27ClF3N3O4. The van der Waals surface area contributed by atoms with Gasteiger partial charge in [0.2, 0.25) is 5.91 Å². The van der Waals surface area contributed by atoms with Crippen molar-refractivity contribution in [3.8, 4) is 11.8 Å². The zero-order valence-corrected chi connectivity index (χ0v) is 18.9. The molecule has 32 heavy (non-hydrogen) atoms. The summed E-state index contributed by atoms with van der Waals surface area (Å²) < 4.78 is 57.7. The lowest BCUT2D eigenvalue weighted by Gasteiger charge is -2.29. The van der Waals surface area contributed by atoms with E-state index in [0.29, 0.717) is 6.61 Å². The van der Waals surface area contributed by atoms with Crippen molar-refractivity contribution in [2.75, 3.05) is 13.2 Å². The summed E-state index contributed by atoms with van der Waals surface area (Å²) >= 11 is 6.27. The van der Waals surface area contributed by atoms with Crippen molar-refractivity contribution >= 4 is 28.5 Å². The maximum Gasteiger partial charge on any atom is 0.297 e. The maximum absolute atomic E-state index is 14.5.